The summed E-state index contributed by atoms with van der Waals surface area (Å²) in [4.78, 5) is 20.0. The molecule has 4 aromatic rings. The number of hydrogen-bond acceptors (Lipinski definition) is 4. The zero-order chi connectivity index (χ0) is 20.4. The zero-order valence-electron chi connectivity index (χ0n) is 15.1. The van der Waals surface area contributed by atoms with E-state index in [-0.39, 0.29) is 4.90 Å². The molecular formula is C21H16ClN3O3S. The van der Waals surface area contributed by atoms with Crippen molar-refractivity contribution in [2.24, 2.45) is 0 Å². The molecule has 0 aliphatic rings. The van der Waals surface area contributed by atoms with Gasteiger partial charge in [-0.3, -0.25) is 4.79 Å². The fraction of sp³-hybridized carbons (Fsp3) is 0.0476. The van der Waals surface area contributed by atoms with Gasteiger partial charge in [0, 0.05) is 16.3 Å². The van der Waals surface area contributed by atoms with Crippen LogP contribution < -0.4 is 5.32 Å². The van der Waals surface area contributed by atoms with Gasteiger partial charge in [0.2, 0.25) is 5.91 Å². The number of fused-ring (bicyclic) bond motifs is 1. The molecule has 0 fully saturated rings. The summed E-state index contributed by atoms with van der Waals surface area (Å²) < 4.78 is 24.7. The second-order valence-electron chi connectivity index (χ2n) is 6.44. The van der Waals surface area contributed by atoms with E-state index in [0.29, 0.717) is 10.7 Å². The van der Waals surface area contributed by atoms with Crippen LogP contribution in [0.3, 0.4) is 0 Å². The van der Waals surface area contributed by atoms with Crippen molar-refractivity contribution in [1.82, 2.24) is 9.97 Å². The van der Waals surface area contributed by atoms with Gasteiger partial charge in [-0.15, -0.1) is 0 Å². The highest BCUT2D eigenvalue weighted by Crippen LogP contribution is 2.22. The van der Waals surface area contributed by atoms with Crippen LogP contribution in [0.4, 0.5) is 5.69 Å². The van der Waals surface area contributed by atoms with Gasteiger partial charge in [-0.05, 0) is 60.7 Å². The van der Waals surface area contributed by atoms with Crippen molar-refractivity contribution in [3.63, 3.8) is 0 Å². The molecule has 1 heterocycles. The minimum absolute atomic E-state index is 0.0530. The Morgan fingerprint density at radius 3 is 2.34 bits per heavy atom. The molecule has 8 heteroatoms. The lowest BCUT2D eigenvalue weighted by atomic mass is 10.2. The summed E-state index contributed by atoms with van der Waals surface area (Å²) in [6, 6.07) is 20.5. The number of para-hydroxylation sites is 2. The molecule has 0 spiro atoms. The number of carbonyl (C=O) groups excluding carboxylic acids is 1. The Kier molecular flexibility index (Phi) is 5.08. The lowest BCUT2D eigenvalue weighted by Gasteiger charge is -2.07. The van der Waals surface area contributed by atoms with E-state index in [0.717, 1.165) is 22.4 Å². The quantitative estimate of drug-likeness (QED) is 0.498. The fourth-order valence-electron chi connectivity index (χ4n) is 2.90. The van der Waals surface area contributed by atoms with Gasteiger partial charge in [-0.1, -0.05) is 23.7 Å². The molecule has 3 aromatic carbocycles. The normalized spacial score (nSPS) is 11.5. The Morgan fingerprint density at radius 2 is 1.66 bits per heavy atom. The first-order valence-electron chi connectivity index (χ1n) is 8.74. The minimum Gasteiger partial charge on any atom is -0.338 e. The standard InChI is InChI=1S/C21H16ClN3O3S/c22-15-7-11-17(12-8-15)29(27,28)13-20(26)23-16-9-5-14(6-10-16)21-24-18-3-1-2-4-19(18)25-21/h1-12H,13H2,(H,23,26)(H,24,25). The van der Waals surface area contributed by atoms with Gasteiger partial charge in [0.1, 0.15) is 11.6 Å². The van der Waals surface area contributed by atoms with E-state index in [1.165, 1.54) is 24.3 Å². The van der Waals surface area contributed by atoms with Gasteiger partial charge in [0.05, 0.1) is 15.9 Å². The molecule has 146 valence electrons. The third-order valence-electron chi connectivity index (χ3n) is 4.33. The topological polar surface area (TPSA) is 91.9 Å². The van der Waals surface area contributed by atoms with E-state index in [2.05, 4.69) is 15.3 Å². The average molecular weight is 426 g/mol. The Morgan fingerprint density at radius 1 is 0.966 bits per heavy atom. The number of rotatable bonds is 5. The maximum Gasteiger partial charge on any atom is 0.239 e. The highest BCUT2D eigenvalue weighted by Gasteiger charge is 2.19. The van der Waals surface area contributed by atoms with Crippen LogP contribution >= 0.6 is 11.6 Å². The molecule has 1 aromatic heterocycles. The van der Waals surface area contributed by atoms with Crippen LogP contribution in [0.2, 0.25) is 5.02 Å². The summed E-state index contributed by atoms with van der Waals surface area (Å²) >= 11 is 5.77. The van der Waals surface area contributed by atoms with Crippen molar-refractivity contribution in [3.8, 4) is 11.4 Å². The Balaban J connectivity index is 1.45. The van der Waals surface area contributed by atoms with Crippen molar-refractivity contribution in [3.05, 3.63) is 77.8 Å². The maximum atomic E-state index is 12.4. The molecule has 29 heavy (non-hydrogen) atoms. The lowest BCUT2D eigenvalue weighted by molar-refractivity contribution is -0.113. The number of H-pyrrole nitrogens is 1. The second-order valence-corrected chi connectivity index (χ2v) is 8.87. The highest BCUT2D eigenvalue weighted by atomic mass is 35.5. The summed E-state index contributed by atoms with van der Waals surface area (Å²) in [6.45, 7) is 0. The average Bonchev–Trinajstić information content (AvgIpc) is 3.12. The van der Waals surface area contributed by atoms with Gasteiger partial charge in [0.25, 0.3) is 0 Å². The Hall–Kier alpha value is -3.16. The van der Waals surface area contributed by atoms with Crippen LogP contribution in [0.1, 0.15) is 0 Å². The highest BCUT2D eigenvalue weighted by molar-refractivity contribution is 7.92. The molecule has 4 rings (SSSR count). The molecule has 0 saturated carbocycles. The molecule has 0 atom stereocenters. The number of aromatic nitrogens is 2. The van der Waals surface area contributed by atoms with Crippen molar-refractivity contribution < 1.29 is 13.2 Å². The predicted octanol–water partition coefficient (Wildman–Crippen LogP) is 4.30. The molecule has 0 bridgehead atoms. The minimum atomic E-state index is -3.75. The van der Waals surface area contributed by atoms with Crippen molar-refractivity contribution in [1.29, 1.82) is 0 Å². The smallest absolute Gasteiger partial charge is 0.239 e. The maximum absolute atomic E-state index is 12.4. The van der Waals surface area contributed by atoms with Crippen LogP contribution in [0, 0.1) is 0 Å². The number of carbonyl (C=O) groups is 1. The van der Waals surface area contributed by atoms with Crippen molar-refractivity contribution >= 4 is 44.1 Å². The van der Waals surface area contributed by atoms with E-state index < -0.39 is 21.5 Å². The van der Waals surface area contributed by atoms with E-state index in [9.17, 15) is 13.2 Å². The molecule has 0 aliphatic heterocycles. The van der Waals surface area contributed by atoms with Crippen LogP contribution in [0.15, 0.2) is 77.7 Å². The Bertz CT molecular complexity index is 1250. The molecule has 0 radical (unpaired) electrons. The summed E-state index contributed by atoms with van der Waals surface area (Å²) in [5.41, 5.74) is 3.16. The molecular weight excluding hydrogens is 410 g/mol. The molecule has 0 aliphatic carbocycles. The van der Waals surface area contributed by atoms with E-state index in [1.807, 2.05) is 24.3 Å². The number of aromatic amines is 1. The summed E-state index contributed by atoms with van der Waals surface area (Å²) in [6.07, 6.45) is 0. The third kappa shape index (κ3) is 4.31. The predicted molar refractivity (Wildman–Crippen MR) is 114 cm³/mol. The number of nitrogens with one attached hydrogen (secondary N) is 2. The van der Waals surface area contributed by atoms with E-state index >= 15 is 0 Å². The van der Waals surface area contributed by atoms with Crippen LogP contribution in [-0.2, 0) is 14.6 Å². The molecule has 2 N–H and O–H groups in total. The Labute approximate surface area is 172 Å². The summed E-state index contributed by atoms with van der Waals surface area (Å²) in [7, 11) is -3.75. The number of halogens is 1. The first kappa shape index (κ1) is 19.2. The fourth-order valence-corrected chi connectivity index (χ4v) is 4.16. The number of benzene rings is 3. The zero-order valence-corrected chi connectivity index (χ0v) is 16.7. The van der Waals surface area contributed by atoms with Crippen LogP contribution in [-0.4, -0.2) is 30.0 Å². The molecule has 0 saturated heterocycles. The number of anilines is 1. The number of hydrogen-bond donors (Lipinski definition) is 2. The largest absolute Gasteiger partial charge is 0.338 e. The molecule has 1 amide bonds. The number of nitrogens with zero attached hydrogens (tertiary/aromatic N) is 1. The first-order chi connectivity index (χ1) is 13.9. The first-order valence-corrected chi connectivity index (χ1v) is 10.8. The van der Waals surface area contributed by atoms with Crippen LogP contribution in [0.5, 0.6) is 0 Å². The summed E-state index contributed by atoms with van der Waals surface area (Å²) in [5.74, 6) is -0.550. The third-order valence-corrected chi connectivity index (χ3v) is 6.21. The van der Waals surface area contributed by atoms with Gasteiger partial charge >= 0.3 is 0 Å². The van der Waals surface area contributed by atoms with E-state index in [1.54, 1.807) is 24.3 Å². The van der Waals surface area contributed by atoms with Gasteiger partial charge in [0.15, 0.2) is 9.84 Å². The number of sulfone groups is 1. The number of imidazole rings is 1. The monoisotopic (exact) mass is 425 g/mol. The van der Waals surface area contributed by atoms with E-state index in [4.69, 9.17) is 11.6 Å². The van der Waals surface area contributed by atoms with Crippen molar-refractivity contribution in [2.45, 2.75) is 4.90 Å². The second kappa shape index (κ2) is 7.69. The van der Waals surface area contributed by atoms with Gasteiger partial charge < -0.3 is 10.3 Å². The lowest BCUT2D eigenvalue weighted by Crippen LogP contribution is -2.23. The van der Waals surface area contributed by atoms with Crippen LogP contribution in [0.25, 0.3) is 22.4 Å². The molecule has 0 unspecified atom stereocenters. The van der Waals surface area contributed by atoms with Crippen molar-refractivity contribution in [2.75, 3.05) is 11.1 Å². The SMILES string of the molecule is O=C(CS(=O)(=O)c1ccc(Cl)cc1)Nc1ccc(-c2nc3ccccc3[nH]2)cc1. The molecule has 6 nitrogen and oxygen atoms in total. The summed E-state index contributed by atoms with van der Waals surface area (Å²) in [5, 5.41) is 3.04. The number of amides is 1. The van der Waals surface area contributed by atoms with Gasteiger partial charge in [-0.2, -0.15) is 0 Å². The van der Waals surface area contributed by atoms with Gasteiger partial charge in [-0.25, -0.2) is 13.4 Å².